The van der Waals surface area contributed by atoms with Crippen LogP contribution in [0.5, 0.6) is 0 Å². The van der Waals surface area contributed by atoms with E-state index in [0.29, 0.717) is 0 Å². The summed E-state index contributed by atoms with van der Waals surface area (Å²) in [6, 6.07) is 18.2. The first kappa shape index (κ1) is 12.9. The van der Waals surface area contributed by atoms with Crippen molar-refractivity contribution >= 4 is 28.2 Å². The molecule has 0 spiro atoms. The average Bonchev–Trinajstić information content (AvgIpc) is 2.49. The molecule has 1 aromatic heterocycles. The highest BCUT2D eigenvalue weighted by molar-refractivity contribution is 6.31. The summed E-state index contributed by atoms with van der Waals surface area (Å²) >= 11 is 6.07. The predicted molar refractivity (Wildman–Crippen MR) is 85.4 cm³/mol. The van der Waals surface area contributed by atoms with E-state index >= 15 is 0 Å². The van der Waals surface area contributed by atoms with Crippen LogP contribution in [-0.2, 0) is 6.42 Å². The van der Waals surface area contributed by atoms with Crippen LogP contribution in [-0.4, -0.2) is 11.5 Å². The molecule has 0 amide bonds. The van der Waals surface area contributed by atoms with Gasteiger partial charge in [0.1, 0.15) is 0 Å². The van der Waals surface area contributed by atoms with Gasteiger partial charge in [-0.1, -0.05) is 41.9 Å². The molecule has 2 aromatic carbocycles. The summed E-state index contributed by atoms with van der Waals surface area (Å²) in [6.45, 7) is 0.885. The molecule has 0 atom stereocenters. The molecule has 0 bridgehead atoms. The molecule has 3 heteroatoms. The molecule has 0 unspecified atom stereocenters. The fourth-order valence-electron chi connectivity index (χ4n) is 2.26. The standard InChI is InChI=1S/C17H15ClN2/c18-14-6-7-16-15(12-14)17(9-11-20-16)19-10-8-13-4-2-1-3-5-13/h1-7,9,11-12H,8,10H2,(H,19,20). The third-order valence-corrected chi connectivity index (χ3v) is 3.51. The topological polar surface area (TPSA) is 24.9 Å². The molecule has 0 aliphatic rings. The second-order valence-electron chi connectivity index (χ2n) is 4.68. The van der Waals surface area contributed by atoms with Gasteiger partial charge in [-0.15, -0.1) is 0 Å². The van der Waals surface area contributed by atoms with Gasteiger partial charge >= 0.3 is 0 Å². The number of benzene rings is 2. The SMILES string of the molecule is Clc1ccc2nccc(NCCc3ccccc3)c2c1. The van der Waals surface area contributed by atoms with E-state index < -0.39 is 0 Å². The second-order valence-corrected chi connectivity index (χ2v) is 5.12. The number of rotatable bonds is 4. The van der Waals surface area contributed by atoms with Crippen molar-refractivity contribution in [3.63, 3.8) is 0 Å². The Balaban J connectivity index is 1.76. The number of hydrogen-bond donors (Lipinski definition) is 1. The van der Waals surface area contributed by atoms with E-state index in [0.717, 1.165) is 34.6 Å². The highest BCUT2D eigenvalue weighted by Gasteiger charge is 2.02. The van der Waals surface area contributed by atoms with Crippen LogP contribution in [0.15, 0.2) is 60.8 Å². The van der Waals surface area contributed by atoms with Crippen LogP contribution in [0.4, 0.5) is 5.69 Å². The first-order valence-electron chi connectivity index (χ1n) is 6.65. The van der Waals surface area contributed by atoms with Gasteiger partial charge in [0.25, 0.3) is 0 Å². The Labute approximate surface area is 123 Å². The summed E-state index contributed by atoms with van der Waals surface area (Å²) in [5.74, 6) is 0. The molecule has 2 nitrogen and oxygen atoms in total. The molecule has 0 aliphatic carbocycles. The molecule has 0 saturated heterocycles. The molecule has 3 rings (SSSR count). The summed E-state index contributed by atoms with van der Waals surface area (Å²) in [4.78, 5) is 4.35. The van der Waals surface area contributed by atoms with Crippen LogP contribution in [0.1, 0.15) is 5.56 Å². The zero-order valence-electron chi connectivity index (χ0n) is 11.0. The third-order valence-electron chi connectivity index (χ3n) is 3.28. The van der Waals surface area contributed by atoms with Crippen LogP contribution in [0.3, 0.4) is 0 Å². The zero-order chi connectivity index (χ0) is 13.8. The lowest BCUT2D eigenvalue weighted by Gasteiger charge is -2.09. The fraction of sp³-hybridized carbons (Fsp3) is 0.118. The second kappa shape index (κ2) is 5.93. The van der Waals surface area contributed by atoms with Gasteiger partial charge < -0.3 is 5.32 Å². The van der Waals surface area contributed by atoms with Crippen molar-refractivity contribution < 1.29 is 0 Å². The Kier molecular flexibility index (Phi) is 3.84. The van der Waals surface area contributed by atoms with E-state index in [1.165, 1.54) is 5.56 Å². The molecule has 0 fully saturated rings. The number of pyridine rings is 1. The summed E-state index contributed by atoms with van der Waals surface area (Å²) in [7, 11) is 0. The summed E-state index contributed by atoms with van der Waals surface area (Å²) < 4.78 is 0. The first-order chi connectivity index (χ1) is 9.83. The molecular weight excluding hydrogens is 268 g/mol. The van der Waals surface area contributed by atoms with Crippen LogP contribution >= 0.6 is 11.6 Å². The summed E-state index contributed by atoms with van der Waals surface area (Å²) in [5.41, 5.74) is 3.36. The molecule has 0 radical (unpaired) electrons. The molecule has 1 N–H and O–H groups in total. The zero-order valence-corrected chi connectivity index (χ0v) is 11.8. The van der Waals surface area contributed by atoms with Gasteiger partial charge in [-0.05, 0) is 36.2 Å². The molecule has 1 heterocycles. The Morgan fingerprint density at radius 1 is 1.00 bits per heavy atom. The number of hydrogen-bond acceptors (Lipinski definition) is 2. The fourth-order valence-corrected chi connectivity index (χ4v) is 2.43. The number of anilines is 1. The molecule has 20 heavy (non-hydrogen) atoms. The molecule has 100 valence electrons. The lowest BCUT2D eigenvalue weighted by atomic mass is 10.1. The van der Waals surface area contributed by atoms with Gasteiger partial charge in [-0.2, -0.15) is 0 Å². The van der Waals surface area contributed by atoms with E-state index in [1.54, 1.807) is 0 Å². The minimum atomic E-state index is 0.733. The molecule has 0 saturated carbocycles. The van der Waals surface area contributed by atoms with Crippen molar-refractivity contribution in [3.05, 3.63) is 71.4 Å². The quantitative estimate of drug-likeness (QED) is 0.760. The lowest BCUT2D eigenvalue weighted by molar-refractivity contribution is 1.02. The number of nitrogens with zero attached hydrogens (tertiary/aromatic N) is 1. The third kappa shape index (κ3) is 2.91. The van der Waals surface area contributed by atoms with Crippen molar-refractivity contribution in [2.75, 3.05) is 11.9 Å². The van der Waals surface area contributed by atoms with Crippen LogP contribution < -0.4 is 5.32 Å². The Hall–Kier alpha value is -2.06. The Morgan fingerprint density at radius 2 is 1.85 bits per heavy atom. The maximum atomic E-state index is 6.07. The number of aromatic nitrogens is 1. The number of halogens is 1. The van der Waals surface area contributed by atoms with E-state index in [4.69, 9.17) is 11.6 Å². The van der Waals surface area contributed by atoms with Gasteiger partial charge in [0, 0.05) is 28.8 Å². The van der Waals surface area contributed by atoms with Gasteiger partial charge in [-0.25, -0.2) is 0 Å². The maximum absolute atomic E-state index is 6.07. The first-order valence-corrected chi connectivity index (χ1v) is 7.03. The highest BCUT2D eigenvalue weighted by Crippen LogP contribution is 2.24. The Bertz CT molecular complexity index is 711. The normalized spacial score (nSPS) is 10.7. The monoisotopic (exact) mass is 282 g/mol. The maximum Gasteiger partial charge on any atom is 0.0723 e. The van der Waals surface area contributed by atoms with Gasteiger partial charge in [-0.3, -0.25) is 4.98 Å². The molecular formula is C17H15ClN2. The van der Waals surface area contributed by atoms with Crippen molar-refractivity contribution in [3.8, 4) is 0 Å². The molecule has 0 aliphatic heterocycles. The van der Waals surface area contributed by atoms with Crippen LogP contribution in [0.25, 0.3) is 10.9 Å². The van der Waals surface area contributed by atoms with Crippen molar-refractivity contribution in [2.45, 2.75) is 6.42 Å². The smallest absolute Gasteiger partial charge is 0.0723 e. The average molecular weight is 283 g/mol. The van der Waals surface area contributed by atoms with Crippen molar-refractivity contribution in [1.82, 2.24) is 4.98 Å². The van der Waals surface area contributed by atoms with Crippen molar-refractivity contribution in [1.29, 1.82) is 0 Å². The highest BCUT2D eigenvalue weighted by atomic mass is 35.5. The largest absolute Gasteiger partial charge is 0.384 e. The minimum Gasteiger partial charge on any atom is -0.384 e. The van der Waals surface area contributed by atoms with E-state index in [9.17, 15) is 0 Å². The van der Waals surface area contributed by atoms with Crippen LogP contribution in [0.2, 0.25) is 5.02 Å². The van der Waals surface area contributed by atoms with Gasteiger partial charge in [0.05, 0.1) is 5.52 Å². The van der Waals surface area contributed by atoms with Crippen molar-refractivity contribution in [2.24, 2.45) is 0 Å². The Morgan fingerprint density at radius 3 is 2.70 bits per heavy atom. The van der Waals surface area contributed by atoms with E-state index in [-0.39, 0.29) is 0 Å². The summed E-state index contributed by atoms with van der Waals surface area (Å²) in [6.07, 6.45) is 2.81. The van der Waals surface area contributed by atoms with Gasteiger partial charge in [0.15, 0.2) is 0 Å². The summed E-state index contributed by atoms with van der Waals surface area (Å²) in [5, 5.41) is 5.26. The van der Waals surface area contributed by atoms with E-state index in [2.05, 4.69) is 34.6 Å². The van der Waals surface area contributed by atoms with E-state index in [1.807, 2.05) is 36.5 Å². The molecule has 3 aromatic rings. The number of nitrogens with one attached hydrogen (secondary N) is 1. The predicted octanol–water partition coefficient (Wildman–Crippen LogP) is 4.54. The number of fused-ring (bicyclic) bond motifs is 1. The lowest BCUT2D eigenvalue weighted by Crippen LogP contribution is -2.05. The minimum absolute atomic E-state index is 0.733. The van der Waals surface area contributed by atoms with Crippen LogP contribution in [0, 0.1) is 0 Å². The van der Waals surface area contributed by atoms with Gasteiger partial charge in [0.2, 0.25) is 0 Å².